The molecule has 3 amide bonds. The van der Waals surface area contributed by atoms with Crippen molar-refractivity contribution in [1.29, 1.82) is 0 Å². The van der Waals surface area contributed by atoms with Gasteiger partial charge in [0.15, 0.2) is 0 Å². The van der Waals surface area contributed by atoms with E-state index >= 15 is 0 Å². The summed E-state index contributed by atoms with van der Waals surface area (Å²) >= 11 is 12.2. The molecule has 216 valence electrons. The Bertz CT molecular complexity index is 1380. The van der Waals surface area contributed by atoms with Crippen molar-refractivity contribution < 1.29 is 28.3 Å². The molecule has 1 aliphatic rings. The SMILES string of the molecule is O=C(NCC(F)(F)C(=O)O)c1ccc(CN(C(=O)Nc2cc(Cl)cc(Cl)c2)c2ccc(C3CCCCC3)cc2)cc1. The molecule has 3 aromatic carbocycles. The van der Waals surface area contributed by atoms with E-state index in [1.165, 1.54) is 41.9 Å². The molecule has 7 nitrogen and oxygen atoms in total. The van der Waals surface area contributed by atoms with Crippen molar-refractivity contribution in [2.75, 3.05) is 16.8 Å². The molecule has 0 aliphatic heterocycles. The van der Waals surface area contributed by atoms with Crippen LogP contribution < -0.4 is 15.5 Å². The van der Waals surface area contributed by atoms with Crippen LogP contribution in [0.4, 0.5) is 25.0 Å². The monoisotopic (exact) mass is 603 g/mol. The number of carbonyl (C=O) groups is 3. The second kappa shape index (κ2) is 13.3. The Labute approximate surface area is 246 Å². The molecule has 0 spiro atoms. The minimum Gasteiger partial charge on any atom is -0.477 e. The van der Waals surface area contributed by atoms with Crippen LogP contribution in [0.25, 0.3) is 0 Å². The van der Waals surface area contributed by atoms with Gasteiger partial charge in [-0.2, -0.15) is 8.78 Å². The largest absolute Gasteiger partial charge is 0.477 e. The zero-order valence-corrected chi connectivity index (χ0v) is 23.5. The number of carboxylic acids is 1. The number of alkyl halides is 2. The van der Waals surface area contributed by atoms with Gasteiger partial charge in [-0.05, 0) is 72.4 Å². The maximum absolute atomic E-state index is 13.5. The van der Waals surface area contributed by atoms with Gasteiger partial charge < -0.3 is 15.7 Å². The van der Waals surface area contributed by atoms with Gasteiger partial charge in [-0.15, -0.1) is 0 Å². The topological polar surface area (TPSA) is 98.7 Å². The van der Waals surface area contributed by atoms with Crippen molar-refractivity contribution >= 4 is 52.5 Å². The molecular formula is C30H29Cl2F2N3O4. The van der Waals surface area contributed by atoms with Gasteiger partial charge in [0.2, 0.25) is 0 Å². The number of amides is 3. The average molecular weight is 604 g/mol. The Morgan fingerprint density at radius 3 is 2.10 bits per heavy atom. The van der Waals surface area contributed by atoms with Crippen LogP contribution >= 0.6 is 23.2 Å². The fourth-order valence-electron chi connectivity index (χ4n) is 4.77. The summed E-state index contributed by atoms with van der Waals surface area (Å²) in [5.74, 6) is -6.74. The highest BCUT2D eigenvalue weighted by Crippen LogP contribution is 2.34. The minimum atomic E-state index is -4.08. The van der Waals surface area contributed by atoms with E-state index in [-0.39, 0.29) is 12.1 Å². The quantitative estimate of drug-likeness (QED) is 0.233. The Balaban J connectivity index is 1.53. The van der Waals surface area contributed by atoms with Gasteiger partial charge in [0.05, 0.1) is 13.1 Å². The van der Waals surface area contributed by atoms with E-state index in [0.717, 1.165) is 12.8 Å². The summed E-state index contributed by atoms with van der Waals surface area (Å²) in [6.45, 7) is -1.21. The number of aliphatic carboxylic acids is 1. The number of urea groups is 1. The zero-order chi connectivity index (χ0) is 29.6. The standard InChI is InChI=1S/C30H29Cl2F2N3O4/c31-23-14-24(32)16-25(15-23)36-29(41)37(26-12-10-21(11-13-26)20-4-2-1-3-5-20)17-19-6-8-22(9-7-19)27(38)35-18-30(33,34)28(39)40/h6-16,20H,1-5,17-18H2,(H,35,38)(H,36,41)(H,39,40). The summed E-state index contributed by atoms with van der Waals surface area (Å²) < 4.78 is 26.7. The highest BCUT2D eigenvalue weighted by atomic mass is 35.5. The van der Waals surface area contributed by atoms with Crippen molar-refractivity contribution in [2.45, 2.75) is 50.5 Å². The number of benzene rings is 3. The molecule has 1 saturated carbocycles. The van der Waals surface area contributed by atoms with Gasteiger partial charge in [0.25, 0.3) is 5.91 Å². The van der Waals surface area contributed by atoms with Crippen molar-refractivity contribution in [3.05, 3.63) is 93.5 Å². The summed E-state index contributed by atoms with van der Waals surface area (Å²) in [6, 6.07) is 18.2. The van der Waals surface area contributed by atoms with Crippen molar-refractivity contribution in [1.82, 2.24) is 5.32 Å². The molecule has 0 saturated heterocycles. The predicted molar refractivity (Wildman–Crippen MR) is 155 cm³/mol. The highest BCUT2D eigenvalue weighted by molar-refractivity contribution is 6.35. The minimum absolute atomic E-state index is 0.0661. The third kappa shape index (κ3) is 8.17. The molecular weight excluding hydrogens is 575 g/mol. The number of carboxylic acid groups (broad SMARTS) is 1. The van der Waals surface area contributed by atoms with Crippen molar-refractivity contribution in [2.24, 2.45) is 0 Å². The average Bonchev–Trinajstić information content (AvgIpc) is 2.95. The molecule has 0 bridgehead atoms. The Morgan fingerprint density at radius 2 is 1.51 bits per heavy atom. The van der Waals surface area contributed by atoms with E-state index in [1.807, 2.05) is 29.6 Å². The van der Waals surface area contributed by atoms with Crippen LogP contribution in [0.3, 0.4) is 0 Å². The summed E-state index contributed by atoms with van der Waals surface area (Å²) in [4.78, 5) is 37.9. The number of rotatable bonds is 9. The summed E-state index contributed by atoms with van der Waals surface area (Å²) in [7, 11) is 0. The first-order valence-corrected chi connectivity index (χ1v) is 13.9. The maximum atomic E-state index is 13.5. The van der Waals surface area contributed by atoms with Gasteiger partial charge in [-0.25, -0.2) is 9.59 Å². The number of nitrogens with one attached hydrogen (secondary N) is 2. The molecule has 11 heteroatoms. The highest BCUT2D eigenvalue weighted by Gasteiger charge is 2.39. The van der Waals surface area contributed by atoms with E-state index in [1.54, 1.807) is 30.3 Å². The third-order valence-electron chi connectivity index (χ3n) is 6.98. The first-order chi connectivity index (χ1) is 19.5. The molecule has 1 aliphatic carbocycles. The molecule has 3 N–H and O–H groups in total. The van der Waals surface area contributed by atoms with Gasteiger partial charge in [-0.3, -0.25) is 9.69 Å². The van der Waals surface area contributed by atoms with E-state index in [0.29, 0.717) is 32.9 Å². The van der Waals surface area contributed by atoms with Crippen molar-refractivity contribution in [3.8, 4) is 0 Å². The molecule has 1 fully saturated rings. The summed E-state index contributed by atoms with van der Waals surface area (Å²) in [6.07, 6.45) is 5.96. The van der Waals surface area contributed by atoms with Gasteiger partial charge in [-0.1, -0.05) is 66.7 Å². The number of halogens is 4. The molecule has 0 heterocycles. The summed E-state index contributed by atoms with van der Waals surface area (Å²) in [5, 5.41) is 14.0. The number of hydrogen-bond donors (Lipinski definition) is 3. The van der Waals surface area contributed by atoms with Crippen LogP contribution in [0.15, 0.2) is 66.7 Å². The third-order valence-corrected chi connectivity index (χ3v) is 7.42. The predicted octanol–water partition coefficient (Wildman–Crippen LogP) is 7.73. The number of hydrogen-bond acceptors (Lipinski definition) is 3. The lowest BCUT2D eigenvalue weighted by Crippen LogP contribution is -2.42. The Morgan fingerprint density at radius 1 is 0.902 bits per heavy atom. The molecule has 0 atom stereocenters. The number of nitrogens with zero attached hydrogens (tertiary/aromatic N) is 1. The van der Waals surface area contributed by atoms with Gasteiger partial charge in [0, 0.05) is 27.0 Å². The molecule has 0 unspecified atom stereocenters. The lowest BCUT2D eigenvalue weighted by Gasteiger charge is -2.26. The van der Waals surface area contributed by atoms with E-state index < -0.39 is 30.4 Å². The molecule has 0 aromatic heterocycles. The second-order valence-electron chi connectivity index (χ2n) is 9.99. The zero-order valence-electron chi connectivity index (χ0n) is 22.0. The number of anilines is 2. The van der Waals surface area contributed by atoms with Crippen LogP contribution in [0.1, 0.15) is 59.5 Å². The lowest BCUT2D eigenvalue weighted by molar-refractivity contribution is -0.163. The van der Waals surface area contributed by atoms with E-state index in [9.17, 15) is 23.2 Å². The first kappa shape index (κ1) is 30.3. The normalized spacial score (nSPS) is 13.9. The van der Waals surface area contributed by atoms with Crippen LogP contribution in [0, 0.1) is 0 Å². The smallest absolute Gasteiger partial charge is 0.376 e. The first-order valence-electron chi connectivity index (χ1n) is 13.1. The second-order valence-corrected chi connectivity index (χ2v) is 10.9. The van der Waals surface area contributed by atoms with Crippen molar-refractivity contribution in [3.63, 3.8) is 0 Å². The fourth-order valence-corrected chi connectivity index (χ4v) is 5.30. The Kier molecular flexibility index (Phi) is 9.83. The molecule has 0 radical (unpaired) electrons. The van der Waals surface area contributed by atoms with Crippen LogP contribution in [0.5, 0.6) is 0 Å². The maximum Gasteiger partial charge on any atom is 0.376 e. The number of carbonyl (C=O) groups excluding carboxylic acids is 2. The molecule has 4 rings (SSSR count). The van der Waals surface area contributed by atoms with Crippen LogP contribution in [-0.2, 0) is 11.3 Å². The Hall–Kier alpha value is -3.69. The lowest BCUT2D eigenvalue weighted by atomic mass is 9.84. The summed E-state index contributed by atoms with van der Waals surface area (Å²) in [5.41, 5.74) is 3.03. The van der Waals surface area contributed by atoms with Gasteiger partial charge in [0.1, 0.15) is 0 Å². The molecule has 3 aromatic rings. The van der Waals surface area contributed by atoms with Crippen LogP contribution in [-0.4, -0.2) is 35.5 Å². The van der Waals surface area contributed by atoms with Gasteiger partial charge >= 0.3 is 17.9 Å². The van der Waals surface area contributed by atoms with Crippen LogP contribution in [0.2, 0.25) is 10.0 Å². The molecule has 41 heavy (non-hydrogen) atoms. The fraction of sp³-hybridized carbons (Fsp3) is 0.300. The van der Waals surface area contributed by atoms with E-state index in [2.05, 4.69) is 5.32 Å². The van der Waals surface area contributed by atoms with E-state index in [4.69, 9.17) is 28.3 Å².